The summed E-state index contributed by atoms with van der Waals surface area (Å²) >= 11 is 0. The largest absolute Gasteiger partial charge is 0.507 e. The fourth-order valence-corrected chi connectivity index (χ4v) is 2.26. The number of carbonyl (C=O) groups is 1. The summed E-state index contributed by atoms with van der Waals surface area (Å²) in [4.78, 5) is 12.5. The van der Waals surface area contributed by atoms with Crippen LogP contribution in [0.25, 0.3) is 10.8 Å². The van der Waals surface area contributed by atoms with Gasteiger partial charge in [0.05, 0.1) is 17.2 Å². The van der Waals surface area contributed by atoms with E-state index in [0.29, 0.717) is 11.1 Å². The van der Waals surface area contributed by atoms with Crippen LogP contribution in [0.1, 0.15) is 21.5 Å². The summed E-state index contributed by atoms with van der Waals surface area (Å²) in [5.74, 6) is -0.300. The van der Waals surface area contributed by atoms with E-state index in [-0.39, 0.29) is 17.1 Å². The molecular weight excluding hydrogens is 262 g/mol. The standard InChI is InChI=1S/C18H11NO2/c19-11-12-5-7-13(8-6-12)18(21)16-9-14-3-1-2-4-15(14)10-17(16)20/h1-10,20H. The monoisotopic (exact) mass is 273 g/mol. The number of fused-ring (bicyclic) bond motifs is 1. The molecule has 3 nitrogen and oxygen atoms in total. The lowest BCUT2D eigenvalue weighted by Gasteiger charge is -2.06. The second kappa shape index (κ2) is 5.10. The number of rotatable bonds is 2. The van der Waals surface area contributed by atoms with E-state index in [1.807, 2.05) is 30.3 Å². The van der Waals surface area contributed by atoms with Crippen molar-refractivity contribution in [3.63, 3.8) is 0 Å². The molecule has 0 bridgehead atoms. The fraction of sp³-hybridized carbons (Fsp3) is 0. The Morgan fingerprint density at radius 2 is 1.57 bits per heavy atom. The first-order valence-electron chi connectivity index (χ1n) is 6.45. The third kappa shape index (κ3) is 2.35. The van der Waals surface area contributed by atoms with Gasteiger partial charge in [-0.15, -0.1) is 0 Å². The number of benzene rings is 3. The van der Waals surface area contributed by atoms with Crippen LogP contribution in [0.5, 0.6) is 5.75 Å². The van der Waals surface area contributed by atoms with Gasteiger partial charge < -0.3 is 5.11 Å². The third-order valence-corrected chi connectivity index (χ3v) is 3.38. The van der Waals surface area contributed by atoms with Crippen LogP contribution in [0.15, 0.2) is 60.7 Å². The summed E-state index contributed by atoms with van der Waals surface area (Å²) in [6.45, 7) is 0. The predicted molar refractivity (Wildman–Crippen MR) is 80.2 cm³/mol. The number of phenols is 1. The molecule has 0 aliphatic carbocycles. The molecule has 0 aliphatic rings. The van der Waals surface area contributed by atoms with E-state index >= 15 is 0 Å². The molecule has 0 heterocycles. The van der Waals surface area contributed by atoms with Crippen molar-refractivity contribution in [2.45, 2.75) is 0 Å². The average molecular weight is 273 g/mol. The number of aromatic hydroxyl groups is 1. The maximum absolute atomic E-state index is 12.5. The number of hydrogen-bond acceptors (Lipinski definition) is 3. The van der Waals surface area contributed by atoms with Gasteiger partial charge in [0.15, 0.2) is 5.78 Å². The zero-order valence-corrected chi connectivity index (χ0v) is 11.1. The molecule has 1 N–H and O–H groups in total. The molecule has 0 unspecified atom stereocenters. The molecule has 100 valence electrons. The van der Waals surface area contributed by atoms with Crippen molar-refractivity contribution in [3.05, 3.63) is 77.4 Å². The molecule has 0 aliphatic heterocycles. The zero-order chi connectivity index (χ0) is 14.8. The minimum absolute atomic E-state index is 0.0388. The number of carbonyl (C=O) groups excluding carboxylic acids is 1. The van der Waals surface area contributed by atoms with Crippen LogP contribution in [0.3, 0.4) is 0 Å². The van der Waals surface area contributed by atoms with Crippen molar-refractivity contribution in [1.82, 2.24) is 0 Å². The minimum atomic E-state index is -0.261. The van der Waals surface area contributed by atoms with Crippen LogP contribution >= 0.6 is 0 Å². The van der Waals surface area contributed by atoms with Crippen molar-refractivity contribution in [2.24, 2.45) is 0 Å². The molecule has 0 amide bonds. The minimum Gasteiger partial charge on any atom is -0.507 e. The molecule has 3 aromatic rings. The molecule has 21 heavy (non-hydrogen) atoms. The van der Waals surface area contributed by atoms with Gasteiger partial charge in [0.1, 0.15) is 5.75 Å². The lowest BCUT2D eigenvalue weighted by molar-refractivity contribution is 0.103. The molecule has 0 radical (unpaired) electrons. The van der Waals surface area contributed by atoms with E-state index in [1.165, 1.54) is 0 Å². The second-order valence-electron chi connectivity index (χ2n) is 4.73. The lowest BCUT2D eigenvalue weighted by atomic mass is 9.98. The van der Waals surface area contributed by atoms with Crippen LogP contribution in [0, 0.1) is 11.3 Å². The van der Waals surface area contributed by atoms with Gasteiger partial charge in [-0.2, -0.15) is 5.26 Å². The SMILES string of the molecule is N#Cc1ccc(C(=O)c2cc3ccccc3cc2O)cc1. The molecule has 0 spiro atoms. The summed E-state index contributed by atoms with van der Waals surface area (Å²) in [6.07, 6.45) is 0. The topological polar surface area (TPSA) is 61.1 Å². The number of phenolic OH excluding ortho intramolecular Hbond substituents is 1. The van der Waals surface area contributed by atoms with Crippen molar-refractivity contribution in [2.75, 3.05) is 0 Å². The Hall–Kier alpha value is -3.12. The maximum Gasteiger partial charge on any atom is 0.196 e. The van der Waals surface area contributed by atoms with E-state index in [9.17, 15) is 9.90 Å². The van der Waals surface area contributed by atoms with Crippen molar-refractivity contribution in [3.8, 4) is 11.8 Å². The van der Waals surface area contributed by atoms with Crippen LogP contribution in [0.2, 0.25) is 0 Å². The average Bonchev–Trinajstić information content (AvgIpc) is 2.53. The van der Waals surface area contributed by atoms with Crippen molar-refractivity contribution < 1.29 is 9.90 Å². The summed E-state index contributed by atoms with van der Waals surface area (Å²) < 4.78 is 0. The fourth-order valence-electron chi connectivity index (χ4n) is 2.26. The molecule has 0 saturated heterocycles. The molecule has 0 aromatic heterocycles. The van der Waals surface area contributed by atoms with E-state index in [1.54, 1.807) is 36.4 Å². The van der Waals surface area contributed by atoms with Gasteiger partial charge in [0, 0.05) is 5.56 Å². The van der Waals surface area contributed by atoms with Crippen LogP contribution < -0.4 is 0 Å². The van der Waals surface area contributed by atoms with Crippen molar-refractivity contribution >= 4 is 16.6 Å². The highest BCUT2D eigenvalue weighted by molar-refractivity contribution is 6.12. The highest BCUT2D eigenvalue weighted by atomic mass is 16.3. The van der Waals surface area contributed by atoms with Crippen LogP contribution in [-0.4, -0.2) is 10.9 Å². The second-order valence-corrected chi connectivity index (χ2v) is 4.73. The zero-order valence-electron chi connectivity index (χ0n) is 11.1. The lowest BCUT2D eigenvalue weighted by Crippen LogP contribution is -2.01. The van der Waals surface area contributed by atoms with Crippen LogP contribution in [0.4, 0.5) is 0 Å². The molecule has 3 rings (SSSR count). The Bertz CT molecular complexity index is 874. The van der Waals surface area contributed by atoms with Gasteiger partial charge in [-0.25, -0.2) is 0 Å². The molecule has 3 aromatic carbocycles. The number of hydrogen-bond donors (Lipinski definition) is 1. The third-order valence-electron chi connectivity index (χ3n) is 3.38. The van der Waals surface area contributed by atoms with E-state index in [0.717, 1.165) is 10.8 Å². The number of nitriles is 1. The maximum atomic E-state index is 12.5. The normalized spacial score (nSPS) is 10.2. The first kappa shape index (κ1) is 12.9. The van der Waals surface area contributed by atoms with E-state index in [4.69, 9.17) is 5.26 Å². The first-order valence-corrected chi connectivity index (χ1v) is 6.45. The summed E-state index contributed by atoms with van der Waals surface area (Å²) in [5, 5.41) is 20.6. The Morgan fingerprint density at radius 1 is 0.952 bits per heavy atom. The van der Waals surface area contributed by atoms with Gasteiger partial charge in [-0.1, -0.05) is 24.3 Å². The highest BCUT2D eigenvalue weighted by Crippen LogP contribution is 2.27. The molecule has 0 fully saturated rings. The Morgan fingerprint density at radius 3 is 2.19 bits per heavy atom. The van der Waals surface area contributed by atoms with Crippen LogP contribution in [-0.2, 0) is 0 Å². The van der Waals surface area contributed by atoms with Gasteiger partial charge in [0.2, 0.25) is 0 Å². The predicted octanol–water partition coefficient (Wildman–Crippen LogP) is 3.65. The summed E-state index contributed by atoms with van der Waals surface area (Å²) in [5.41, 5.74) is 1.20. The smallest absolute Gasteiger partial charge is 0.196 e. The van der Waals surface area contributed by atoms with Gasteiger partial charge >= 0.3 is 0 Å². The number of ketones is 1. The molecular formula is C18H11NO2. The summed E-state index contributed by atoms with van der Waals surface area (Å²) in [7, 11) is 0. The Kier molecular flexibility index (Phi) is 3.13. The van der Waals surface area contributed by atoms with Gasteiger partial charge in [-0.05, 0) is 47.2 Å². The highest BCUT2D eigenvalue weighted by Gasteiger charge is 2.14. The summed E-state index contributed by atoms with van der Waals surface area (Å²) in [6, 6.07) is 19.2. The van der Waals surface area contributed by atoms with E-state index < -0.39 is 0 Å². The Balaban J connectivity index is 2.08. The molecule has 0 atom stereocenters. The first-order chi connectivity index (χ1) is 10.2. The van der Waals surface area contributed by atoms with Gasteiger partial charge in [-0.3, -0.25) is 4.79 Å². The Labute approximate surface area is 121 Å². The quantitative estimate of drug-likeness (QED) is 0.725. The molecule has 3 heteroatoms. The van der Waals surface area contributed by atoms with Gasteiger partial charge in [0.25, 0.3) is 0 Å². The number of nitrogens with zero attached hydrogens (tertiary/aromatic N) is 1. The molecule has 0 saturated carbocycles. The van der Waals surface area contributed by atoms with E-state index in [2.05, 4.69) is 0 Å². The van der Waals surface area contributed by atoms with Crippen molar-refractivity contribution in [1.29, 1.82) is 5.26 Å².